The standard InChI is InChI=1S/C15H18N2O2S.C7H4ClNS.C6H11NO2.CH4/c1-2-19-14(18)12-8-5-6-10-17(12)15-16-11-7-3-4-9-13(11)20-15;8-7-9-5-3-1-2-4-6(5)10-7;8-6(9)5-3-1-2-4-7-5;/h3-4,7,9,12H,2,5-6,8,10H2,1H3;1-4H;5,7H,1-4H2,(H,8,9);1H4/t12-;;5-;/m0.0./s1. The lowest BCUT2D eigenvalue weighted by molar-refractivity contribution is -0.145. The molecule has 0 amide bonds. The van der Waals surface area contributed by atoms with Crippen LogP contribution >= 0.6 is 34.3 Å². The van der Waals surface area contributed by atoms with Crippen LogP contribution in [-0.2, 0) is 14.3 Å². The first-order valence-electron chi connectivity index (χ1n) is 13.2. The normalized spacial score (nSPS) is 18.5. The number of aliphatic carboxylic acids is 1. The molecule has 2 saturated heterocycles. The first-order valence-corrected chi connectivity index (χ1v) is 15.2. The molecule has 0 bridgehead atoms. The number of ether oxygens (including phenoxy) is 1. The SMILES string of the molecule is C.CCOC(=O)[C@@H]1CCCCN1c1nc2ccccc2s1.Clc1nc2ccccc2s1.O=C(O)[C@@H]1CCCCN1. The molecule has 0 aliphatic carbocycles. The number of hydrogen-bond acceptors (Lipinski definition) is 9. The molecule has 216 valence electrons. The summed E-state index contributed by atoms with van der Waals surface area (Å²) in [5, 5.41) is 12.3. The van der Waals surface area contributed by atoms with Crippen LogP contribution in [0.3, 0.4) is 0 Å². The smallest absolute Gasteiger partial charge is 0.328 e. The fraction of sp³-hybridized carbons (Fsp3) is 0.448. The van der Waals surface area contributed by atoms with Crippen molar-refractivity contribution >= 4 is 71.8 Å². The number of hydrogen-bond donors (Lipinski definition) is 2. The van der Waals surface area contributed by atoms with Crippen LogP contribution < -0.4 is 10.2 Å². The largest absolute Gasteiger partial charge is 0.480 e. The topological polar surface area (TPSA) is 105 Å². The maximum atomic E-state index is 12.1. The van der Waals surface area contributed by atoms with E-state index in [2.05, 4.69) is 26.3 Å². The van der Waals surface area contributed by atoms with E-state index in [9.17, 15) is 9.59 Å². The van der Waals surface area contributed by atoms with Crippen LogP contribution in [0.2, 0.25) is 4.47 Å². The number of aromatic nitrogens is 2. The number of esters is 1. The minimum atomic E-state index is -0.713. The highest BCUT2D eigenvalue weighted by atomic mass is 35.5. The van der Waals surface area contributed by atoms with Gasteiger partial charge in [0.25, 0.3) is 0 Å². The van der Waals surface area contributed by atoms with E-state index in [4.69, 9.17) is 21.4 Å². The van der Waals surface area contributed by atoms with Gasteiger partial charge in [-0.2, -0.15) is 0 Å². The third kappa shape index (κ3) is 8.60. The van der Waals surface area contributed by atoms with Crippen molar-refractivity contribution in [2.24, 2.45) is 0 Å². The van der Waals surface area contributed by atoms with Gasteiger partial charge in [0, 0.05) is 6.54 Å². The van der Waals surface area contributed by atoms with Crippen molar-refractivity contribution in [1.29, 1.82) is 0 Å². The Labute approximate surface area is 248 Å². The number of nitrogens with zero attached hydrogens (tertiary/aromatic N) is 3. The van der Waals surface area contributed by atoms with Gasteiger partial charge in [-0.1, -0.05) is 61.1 Å². The monoisotopic (exact) mass is 604 g/mol. The van der Waals surface area contributed by atoms with Crippen molar-refractivity contribution in [2.75, 3.05) is 24.6 Å². The molecule has 0 radical (unpaired) electrons. The number of piperidine rings is 2. The Bertz CT molecular complexity index is 1310. The van der Waals surface area contributed by atoms with Crippen LogP contribution in [0.15, 0.2) is 48.5 Å². The van der Waals surface area contributed by atoms with Gasteiger partial charge < -0.3 is 20.1 Å². The zero-order valence-electron chi connectivity index (χ0n) is 21.8. The van der Waals surface area contributed by atoms with Gasteiger partial charge >= 0.3 is 11.9 Å². The Morgan fingerprint density at radius 3 is 2.23 bits per heavy atom. The summed E-state index contributed by atoms with van der Waals surface area (Å²) in [7, 11) is 0. The average Bonchev–Trinajstić information content (AvgIpc) is 3.57. The Morgan fingerprint density at radius 2 is 1.65 bits per heavy atom. The van der Waals surface area contributed by atoms with Gasteiger partial charge in [-0.05, 0) is 69.8 Å². The number of fused-ring (bicyclic) bond motifs is 2. The van der Waals surface area contributed by atoms with Crippen LogP contribution in [0.1, 0.15) is 52.9 Å². The zero-order chi connectivity index (χ0) is 27.6. The van der Waals surface area contributed by atoms with E-state index in [1.54, 1.807) is 11.3 Å². The maximum Gasteiger partial charge on any atom is 0.328 e. The number of carbonyl (C=O) groups is 2. The summed E-state index contributed by atoms with van der Waals surface area (Å²) >= 11 is 8.85. The molecule has 2 fully saturated rings. The second-order valence-electron chi connectivity index (χ2n) is 9.20. The van der Waals surface area contributed by atoms with Gasteiger partial charge in [0.05, 0.1) is 27.0 Å². The molecule has 2 aromatic carbocycles. The molecule has 2 N–H and O–H groups in total. The highest BCUT2D eigenvalue weighted by molar-refractivity contribution is 7.22. The highest BCUT2D eigenvalue weighted by Crippen LogP contribution is 2.33. The lowest BCUT2D eigenvalue weighted by atomic mass is 10.0. The van der Waals surface area contributed by atoms with Gasteiger partial charge in [0.1, 0.15) is 12.1 Å². The number of halogens is 1. The molecule has 0 spiro atoms. The van der Waals surface area contributed by atoms with Crippen molar-refractivity contribution in [1.82, 2.24) is 15.3 Å². The number of carboxylic acid groups (broad SMARTS) is 1. The van der Waals surface area contributed by atoms with Gasteiger partial charge in [-0.25, -0.2) is 14.8 Å². The number of carbonyl (C=O) groups excluding carboxylic acids is 1. The van der Waals surface area contributed by atoms with Gasteiger partial charge in [-0.15, -0.1) is 11.3 Å². The molecule has 40 heavy (non-hydrogen) atoms. The van der Waals surface area contributed by atoms with Gasteiger partial charge in [-0.3, -0.25) is 4.79 Å². The van der Waals surface area contributed by atoms with E-state index in [1.807, 2.05) is 49.4 Å². The number of nitrogens with one attached hydrogen (secondary N) is 1. The van der Waals surface area contributed by atoms with Crippen LogP contribution in [0, 0.1) is 0 Å². The maximum absolute atomic E-state index is 12.1. The van der Waals surface area contributed by atoms with Crippen molar-refractivity contribution in [3.63, 3.8) is 0 Å². The third-order valence-electron chi connectivity index (χ3n) is 6.47. The molecule has 11 heteroatoms. The fourth-order valence-electron chi connectivity index (χ4n) is 4.53. The second-order valence-corrected chi connectivity index (χ2v) is 11.8. The second kappa shape index (κ2) is 15.9. The number of anilines is 1. The summed E-state index contributed by atoms with van der Waals surface area (Å²) in [5.74, 6) is -0.832. The number of rotatable bonds is 4. The summed E-state index contributed by atoms with van der Waals surface area (Å²) < 4.78 is 8.12. The van der Waals surface area contributed by atoms with Crippen molar-refractivity contribution in [3.05, 3.63) is 53.0 Å². The lowest BCUT2D eigenvalue weighted by Crippen LogP contribution is -2.45. The van der Waals surface area contributed by atoms with Crippen LogP contribution in [-0.4, -0.2) is 58.8 Å². The first-order chi connectivity index (χ1) is 19.0. The predicted molar refractivity (Wildman–Crippen MR) is 166 cm³/mol. The molecule has 2 atom stereocenters. The number of para-hydroxylation sites is 2. The minimum absolute atomic E-state index is 0. The zero-order valence-corrected chi connectivity index (χ0v) is 24.2. The molecule has 4 heterocycles. The number of thiazole rings is 2. The predicted octanol–water partition coefficient (Wildman–Crippen LogP) is 7.02. The molecular formula is C29H37ClN4O4S2. The van der Waals surface area contributed by atoms with E-state index in [0.717, 1.165) is 77.2 Å². The first kappa shape index (κ1) is 31.7. The summed E-state index contributed by atoms with van der Waals surface area (Å²) in [6.45, 7) is 4.02. The summed E-state index contributed by atoms with van der Waals surface area (Å²) in [6.07, 6.45) is 5.98. The van der Waals surface area contributed by atoms with E-state index >= 15 is 0 Å². The van der Waals surface area contributed by atoms with E-state index in [1.165, 1.54) is 11.3 Å². The summed E-state index contributed by atoms with van der Waals surface area (Å²) in [6, 6.07) is 15.5. The molecule has 6 rings (SSSR count). The van der Waals surface area contributed by atoms with E-state index in [0.29, 0.717) is 11.1 Å². The summed E-state index contributed by atoms with van der Waals surface area (Å²) in [4.78, 5) is 33.3. The Hall–Kier alpha value is -2.79. The molecule has 2 aliphatic heterocycles. The third-order valence-corrected chi connectivity index (χ3v) is 8.68. The number of benzene rings is 2. The van der Waals surface area contributed by atoms with Gasteiger partial charge in [0.2, 0.25) is 0 Å². The fourth-order valence-corrected chi connectivity index (χ4v) is 6.61. The highest BCUT2D eigenvalue weighted by Gasteiger charge is 2.31. The molecule has 8 nitrogen and oxygen atoms in total. The number of carboxylic acids is 1. The van der Waals surface area contributed by atoms with Crippen molar-refractivity contribution in [2.45, 2.75) is 65.0 Å². The molecule has 2 aliphatic rings. The molecule has 0 saturated carbocycles. The lowest BCUT2D eigenvalue weighted by Gasteiger charge is -2.33. The Kier molecular flexibility index (Phi) is 12.6. The van der Waals surface area contributed by atoms with Gasteiger partial charge in [0.15, 0.2) is 9.60 Å². The van der Waals surface area contributed by atoms with Crippen LogP contribution in [0.25, 0.3) is 20.4 Å². The quantitative estimate of drug-likeness (QED) is 0.240. The van der Waals surface area contributed by atoms with Crippen molar-refractivity contribution < 1.29 is 19.4 Å². The summed E-state index contributed by atoms with van der Waals surface area (Å²) in [5.41, 5.74) is 1.98. The molecule has 0 unspecified atom stereocenters. The van der Waals surface area contributed by atoms with Crippen molar-refractivity contribution in [3.8, 4) is 0 Å². The van der Waals surface area contributed by atoms with E-state index < -0.39 is 5.97 Å². The molecule has 4 aromatic rings. The van der Waals surface area contributed by atoms with Crippen LogP contribution in [0.5, 0.6) is 0 Å². The Balaban J connectivity index is 0.000000184. The Morgan fingerprint density at radius 1 is 1.00 bits per heavy atom. The molecule has 2 aromatic heterocycles. The minimum Gasteiger partial charge on any atom is -0.480 e. The van der Waals surface area contributed by atoms with Crippen LogP contribution in [0.4, 0.5) is 5.13 Å². The molecular weight excluding hydrogens is 568 g/mol. The van der Waals surface area contributed by atoms with E-state index in [-0.39, 0.29) is 25.5 Å². The average molecular weight is 605 g/mol.